The topological polar surface area (TPSA) is 67.8 Å². The quantitative estimate of drug-likeness (QED) is 0.570. The Morgan fingerprint density at radius 3 is 2.64 bits per heavy atom. The number of benzene rings is 1. The van der Waals surface area contributed by atoms with Crippen molar-refractivity contribution < 1.29 is 9.47 Å². The lowest BCUT2D eigenvalue weighted by Gasteiger charge is -2.14. The highest BCUT2D eigenvalue weighted by Crippen LogP contribution is 2.17. The van der Waals surface area contributed by atoms with Gasteiger partial charge in [-0.3, -0.25) is 0 Å². The normalized spacial score (nSPS) is 11.1. The predicted octanol–water partition coefficient (Wildman–Crippen LogP) is 2.74. The third-order valence-corrected chi connectivity index (χ3v) is 3.52. The number of nitrogens with one attached hydrogen (secondary N) is 2. The summed E-state index contributed by atoms with van der Waals surface area (Å²) in [6.07, 6.45) is 1.73. The molecule has 6 nitrogen and oxygen atoms in total. The maximum atomic E-state index is 5.55. The van der Waals surface area contributed by atoms with Crippen LogP contribution in [0.4, 0.5) is 0 Å². The molecule has 0 aliphatic rings. The fraction of sp³-hybridized carbons (Fsp3) is 0.368. The molecule has 0 amide bonds. The van der Waals surface area contributed by atoms with Crippen LogP contribution in [0.3, 0.4) is 0 Å². The summed E-state index contributed by atoms with van der Waals surface area (Å²) >= 11 is 0. The van der Waals surface area contributed by atoms with E-state index in [0.717, 1.165) is 29.4 Å². The Morgan fingerprint density at radius 2 is 1.88 bits per heavy atom. The standard InChI is InChI=1S/C19H26N4O2/c1-4-20-19(22-13-15-9-6-7-11-17(15)24-3)23-14-16-10-8-12-21-18(16)25-5-2/h6-12H,4-5,13-14H2,1-3H3,(H2,20,22,23). The van der Waals surface area contributed by atoms with Crippen molar-refractivity contribution in [2.45, 2.75) is 26.9 Å². The zero-order valence-electron chi connectivity index (χ0n) is 15.1. The Bertz CT molecular complexity index is 689. The van der Waals surface area contributed by atoms with Gasteiger partial charge in [-0.05, 0) is 26.0 Å². The van der Waals surface area contributed by atoms with Gasteiger partial charge in [0.15, 0.2) is 5.96 Å². The summed E-state index contributed by atoms with van der Waals surface area (Å²) < 4.78 is 10.9. The summed E-state index contributed by atoms with van der Waals surface area (Å²) in [5, 5.41) is 6.58. The number of ether oxygens (including phenoxy) is 2. The molecule has 0 saturated heterocycles. The van der Waals surface area contributed by atoms with E-state index in [4.69, 9.17) is 9.47 Å². The van der Waals surface area contributed by atoms with Crippen LogP contribution in [0.25, 0.3) is 0 Å². The highest BCUT2D eigenvalue weighted by Gasteiger charge is 2.06. The van der Waals surface area contributed by atoms with Crippen molar-refractivity contribution in [2.24, 2.45) is 4.99 Å². The second kappa shape index (κ2) is 10.2. The van der Waals surface area contributed by atoms with Crippen LogP contribution in [0.2, 0.25) is 0 Å². The van der Waals surface area contributed by atoms with Gasteiger partial charge in [0.1, 0.15) is 5.75 Å². The molecule has 0 aliphatic carbocycles. The molecule has 25 heavy (non-hydrogen) atoms. The average molecular weight is 342 g/mol. The molecule has 2 N–H and O–H groups in total. The first-order valence-electron chi connectivity index (χ1n) is 8.49. The van der Waals surface area contributed by atoms with Gasteiger partial charge in [-0.1, -0.05) is 24.3 Å². The second-order valence-corrected chi connectivity index (χ2v) is 5.26. The fourth-order valence-electron chi connectivity index (χ4n) is 2.35. The van der Waals surface area contributed by atoms with Crippen LogP contribution in [-0.2, 0) is 13.1 Å². The summed E-state index contributed by atoms with van der Waals surface area (Å²) in [5.74, 6) is 2.23. The van der Waals surface area contributed by atoms with Gasteiger partial charge >= 0.3 is 0 Å². The van der Waals surface area contributed by atoms with Crippen LogP contribution in [0, 0.1) is 0 Å². The molecule has 0 unspecified atom stereocenters. The molecule has 1 aromatic heterocycles. The molecule has 1 aromatic carbocycles. The molecule has 0 bridgehead atoms. The zero-order valence-corrected chi connectivity index (χ0v) is 15.1. The molecule has 134 valence electrons. The zero-order chi connectivity index (χ0) is 17.9. The smallest absolute Gasteiger partial charge is 0.218 e. The number of aliphatic imine (C=N–C) groups is 1. The Morgan fingerprint density at radius 1 is 1.08 bits per heavy atom. The monoisotopic (exact) mass is 342 g/mol. The van der Waals surface area contributed by atoms with Crippen LogP contribution in [-0.4, -0.2) is 31.2 Å². The third-order valence-electron chi connectivity index (χ3n) is 3.52. The third kappa shape index (κ3) is 5.67. The van der Waals surface area contributed by atoms with Crippen molar-refractivity contribution in [1.82, 2.24) is 15.6 Å². The van der Waals surface area contributed by atoms with E-state index in [1.165, 1.54) is 0 Å². The van der Waals surface area contributed by atoms with Crippen molar-refractivity contribution in [3.05, 3.63) is 53.7 Å². The number of rotatable bonds is 8. The van der Waals surface area contributed by atoms with Gasteiger partial charge in [-0.25, -0.2) is 9.98 Å². The fourth-order valence-corrected chi connectivity index (χ4v) is 2.35. The molecule has 2 aromatic rings. The van der Waals surface area contributed by atoms with E-state index >= 15 is 0 Å². The highest BCUT2D eigenvalue weighted by atomic mass is 16.5. The number of nitrogens with zero attached hydrogens (tertiary/aromatic N) is 2. The predicted molar refractivity (Wildman–Crippen MR) is 100 cm³/mol. The molecule has 0 saturated carbocycles. The largest absolute Gasteiger partial charge is 0.496 e. The van der Waals surface area contributed by atoms with E-state index in [1.54, 1.807) is 13.3 Å². The van der Waals surface area contributed by atoms with Crippen LogP contribution < -0.4 is 20.1 Å². The molecule has 1 heterocycles. The van der Waals surface area contributed by atoms with Gasteiger partial charge in [-0.2, -0.15) is 0 Å². The van der Waals surface area contributed by atoms with Gasteiger partial charge in [-0.15, -0.1) is 0 Å². The first-order chi connectivity index (χ1) is 12.3. The Labute approximate surface area is 149 Å². The lowest BCUT2D eigenvalue weighted by Crippen LogP contribution is -2.36. The maximum Gasteiger partial charge on any atom is 0.218 e. The van der Waals surface area contributed by atoms with Crippen molar-refractivity contribution in [2.75, 3.05) is 20.3 Å². The molecule has 2 rings (SSSR count). The van der Waals surface area contributed by atoms with Gasteiger partial charge < -0.3 is 20.1 Å². The average Bonchev–Trinajstić information content (AvgIpc) is 2.65. The Hall–Kier alpha value is -2.76. The lowest BCUT2D eigenvalue weighted by molar-refractivity contribution is 0.323. The molecular weight excluding hydrogens is 316 g/mol. The molecule has 6 heteroatoms. The van der Waals surface area contributed by atoms with Crippen LogP contribution in [0.5, 0.6) is 11.6 Å². The highest BCUT2D eigenvalue weighted by molar-refractivity contribution is 5.79. The summed E-state index contributed by atoms with van der Waals surface area (Å²) in [5.41, 5.74) is 2.03. The van der Waals surface area contributed by atoms with Crippen molar-refractivity contribution in [3.63, 3.8) is 0 Å². The number of hydrogen-bond acceptors (Lipinski definition) is 4. The van der Waals surface area contributed by atoms with Crippen molar-refractivity contribution >= 4 is 5.96 Å². The second-order valence-electron chi connectivity index (χ2n) is 5.26. The first kappa shape index (κ1) is 18.6. The summed E-state index contributed by atoms with van der Waals surface area (Å²) in [4.78, 5) is 8.89. The van der Waals surface area contributed by atoms with E-state index in [-0.39, 0.29) is 0 Å². The van der Waals surface area contributed by atoms with E-state index in [9.17, 15) is 0 Å². The summed E-state index contributed by atoms with van der Waals surface area (Å²) in [6, 6.07) is 11.8. The number of methoxy groups -OCH3 is 1. The van der Waals surface area contributed by atoms with Gasteiger partial charge in [0, 0.05) is 30.4 Å². The number of aromatic nitrogens is 1. The summed E-state index contributed by atoms with van der Waals surface area (Å²) in [7, 11) is 1.68. The molecule has 0 radical (unpaired) electrons. The van der Waals surface area contributed by atoms with Gasteiger partial charge in [0.2, 0.25) is 5.88 Å². The van der Waals surface area contributed by atoms with Crippen LogP contribution in [0.15, 0.2) is 47.6 Å². The molecule has 0 aliphatic heterocycles. The number of para-hydroxylation sites is 1. The van der Waals surface area contributed by atoms with E-state index in [0.29, 0.717) is 25.6 Å². The van der Waals surface area contributed by atoms with Gasteiger partial charge in [0.05, 0.1) is 20.3 Å². The van der Waals surface area contributed by atoms with Crippen molar-refractivity contribution in [3.8, 4) is 11.6 Å². The van der Waals surface area contributed by atoms with E-state index in [1.807, 2.05) is 50.2 Å². The van der Waals surface area contributed by atoms with E-state index in [2.05, 4.69) is 20.6 Å². The van der Waals surface area contributed by atoms with Crippen molar-refractivity contribution in [1.29, 1.82) is 0 Å². The maximum absolute atomic E-state index is 5.55. The SMILES string of the molecule is CCNC(=NCc1cccnc1OCC)NCc1ccccc1OC. The molecular formula is C19H26N4O2. The van der Waals surface area contributed by atoms with Gasteiger partial charge in [0.25, 0.3) is 0 Å². The summed E-state index contributed by atoms with van der Waals surface area (Å²) in [6.45, 7) is 6.46. The van der Waals surface area contributed by atoms with E-state index < -0.39 is 0 Å². The molecule has 0 spiro atoms. The Balaban J connectivity index is 2.06. The minimum Gasteiger partial charge on any atom is -0.496 e. The number of pyridine rings is 1. The molecule has 0 fully saturated rings. The first-order valence-corrected chi connectivity index (χ1v) is 8.49. The van der Waals surface area contributed by atoms with Crippen LogP contribution in [0.1, 0.15) is 25.0 Å². The lowest BCUT2D eigenvalue weighted by atomic mass is 10.2. The minimum absolute atomic E-state index is 0.491. The number of guanidine groups is 1. The number of hydrogen-bond donors (Lipinski definition) is 2. The minimum atomic E-state index is 0.491. The Kier molecular flexibility index (Phi) is 7.56. The molecule has 0 atom stereocenters. The van der Waals surface area contributed by atoms with Crippen LogP contribution >= 0.6 is 0 Å².